The molecule has 0 atom stereocenters. The lowest BCUT2D eigenvalue weighted by atomic mass is 9.95. The predicted octanol–water partition coefficient (Wildman–Crippen LogP) is 16.4. The molecular formula is C64H46N2Si. The van der Waals surface area contributed by atoms with Gasteiger partial charge in [-0.2, -0.15) is 0 Å². The largest absolute Gasteiger partial charge is 0.310 e. The first-order chi connectivity index (χ1) is 33.0. The van der Waals surface area contributed by atoms with Crippen LogP contribution in [-0.4, -0.2) is 12.6 Å². The first-order valence-corrected chi connectivity index (χ1v) is 26.3. The van der Waals surface area contributed by atoms with Crippen molar-refractivity contribution in [2.45, 2.75) is 13.1 Å². The van der Waals surface area contributed by atoms with Gasteiger partial charge < -0.3 is 9.47 Å². The van der Waals surface area contributed by atoms with E-state index in [2.05, 4.69) is 265 Å². The number of hydrogen-bond acceptors (Lipinski definition) is 1. The van der Waals surface area contributed by atoms with E-state index in [1.54, 1.807) is 0 Å². The summed E-state index contributed by atoms with van der Waals surface area (Å²) in [5.74, 6) is 0. The van der Waals surface area contributed by atoms with E-state index < -0.39 is 8.07 Å². The van der Waals surface area contributed by atoms with Crippen LogP contribution in [0.5, 0.6) is 0 Å². The number of para-hydroxylation sites is 2. The average Bonchev–Trinajstić information content (AvgIpc) is 3.84. The first-order valence-electron chi connectivity index (χ1n) is 23.3. The number of rotatable bonds is 7. The van der Waals surface area contributed by atoms with Gasteiger partial charge >= 0.3 is 0 Å². The van der Waals surface area contributed by atoms with E-state index >= 15 is 0 Å². The Morgan fingerprint density at radius 2 is 0.851 bits per heavy atom. The molecule has 11 aromatic carbocycles. The van der Waals surface area contributed by atoms with Gasteiger partial charge in [0.25, 0.3) is 0 Å². The molecule has 1 aliphatic heterocycles. The van der Waals surface area contributed by atoms with Crippen LogP contribution in [0.2, 0.25) is 13.1 Å². The fourth-order valence-corrected chi connectivity index (χ4v) is 14.6. The molecule has 0 fully saturated rings. The van der Waals surface area contributed by atoms with Gasteiger partial charge in [-0.3, -0.25) is 0 Å². The summed E-state index contributed by atoms with van der Waals surface area (Å²) in [7, 11) is -2.15. The molecule has 67 heavy (non-hydrogen) atoms. The molecule has 2 nitrogen and oxygen atoms in total. The highest BCUT2D eigenvalue weighted by Gasteiger charge is 2.40. The van der Waals surface area contributed by atoms with Crippen LogP contribution in [0.3, 0.4) is 0 Å². The minimum Gasteiger partial charge on any atom is -0.310 e. The third-order valence-corrected chi connectivity index (χ3v) is 17.9. The normalized spacial score (nSPS) is 12.7. The molecule has 0 saturated carbocycles. The van der Waals surface area contributed by atoms with Crippen LogP contribution >= 0.6 is 0 Å². The Bertz CT molecular complexity index is 3760. The maximum atomic E-state index is 2.54. The molecule has 0 radical (unpaired) electrons. The summed E-state index contributed by atoms with van der Waals surface area (Å²) in [5, 5.41) is 10.5. The number of benzene rings is 11. The van der Waals surface area contributed by atoms with Crippen molar-refractivity contribution in [1.29, 1.82) is 0 Å². The molecule has 12 aromatic rings. The predicted molar refractivity (Wildman–Crippen MR) is 289 cm³/mol. The molecule has 0 amide bonds. The van der Waals surface area contributed by atoms with Crippen molar-refractivity contribution in [3.05, 3.63) is 243 Å². The molecule has 0 unspecified atom stereocenters. The minimum absolute atomic E-state index is 1.10. The van der Waals surface area contributed by atoms with E-state index in [9.17, 15) is 0 Å². The van der Waals surface area contributed by atoms with Crippen LogP contribution in [0.25, 0.3) is 93.5 Å². The summed E-state index contributed by atoms with van der Waals surface area (Å²) >= 11 is 0. The Balaban J connectivity index is 1.08. The van der Waals surface area contributed by atoms with Crippen molar-refractivity contribution in [3.8, 4) is 50.2 Å². The standard InChI is InChI=1S/C64H46N2Si/c1-67(2)63-26-13-11-22-55(63)56-23-14-24-57(64(56)67)59-41-58-54-21-10-12-25-60(54)66(51-19-4-3-5-20-51)62(58)42-61(59)65(52-35-31-45(32-36-52)49-29-27-43-15-6-8-17-47(43)39-49)53-37-33-46(34-38-53)50-30-28-44-16-7-9-18-48(44)40-50/h3-42H,1-2H3. The summed E-state index contributed by atoms with van der Waals surface area (Å²) in [5.41, 5.74) is 16.9. The Hall–Kier alpha value is -8.24. The van der Waals surface area contributed by atoms with Crippen LogP contribution in [0, 0.1) is 0 Å². The topological polar surface area (TPSA) is 8.17 Å². The Kier molecular flexibility index (Phi) is 9.02. The minimum atomic E-state index is -2.15. The first kappa shape index (κ1) is 39.1. The molecule has 0 aliphatic carbocycles. The highest BCUT2D eigenvalue weighted by molar-refractivity contribution is 7.04. The van der Waals surface area contributed by atoms with Crippen LogP contribution in [-0.2, 0) is 0 Å². The Labute approximate surface area is 392 Å². The molecule has 1 aromatic heterocycles. The van der Waals surface area contributed by atoms with Crippen molar-refractivity contribution in [1.82, 2.24) is 4.57 Å². The van der Waals surface area contributed by atoms with Crippen molar-refractivity contribution in [2.75, 3.05) is 4.90 Å². The third-order valence-electron chi connectivity index (χ3n) is 14.3. The fraction of sp³-hybridized carbons (Fsp3) is 0.0312. The van der Waals surface area contributed by atoms with Gasteiger partial charge in [-0.05, 0) is 138 Å². The molecule has 0 bridgehead atoms. The number of hydrogen-bond donors (Lipinski definition) is 0. The van der Waals surface area contributed by atoms with Crippen LogP contribution in [0.1, 0.15) is 0 Å². The van der Waals surface area contributed by atoms with Crippen molar-refractivity contribution < 1.29 is 0 Å². The summed E-state index contributed by atoms with van der Waals surface area (Å²) < 4.78 is 2.45. The van der Waals surface area contributed by atoms with Gasteiger partial charge in [0.2, 0.25) is 0 Å². The number of aromatic nitrogens is 1. The van der Waals surface area contributed by atoms with Crippen molar-refractivity contribution in [2.24, 2.45) is 0 Å². The molecular weight excluding hydrogens is 825 g/mol. The van der Waals surface area contributed by atoms with Gasteiger partial charge in [-0.25, -0.2) is 0 Å². The lowest BCUT2D eigenvalue weighted by molar-refractivity contribution is 1.18. The number of nitrogens with zero attached hydrogens (tertiary/aromatic N) is 2. The van der Waals surface area contributed by atoms with Crippen molar-refractivity contribution in [3.63, 3.8) is 0 Å². The lowest BCUT2D eigenvalue weighted by Gasteiger charge is -2.30. The molecule has 1 aliphatic rings. The molecule has 0 spiro atoms. The Morgan fingerprint density at radius 3 is 1.49 bits per heavy atom. The van der Waals surface area contributed by atoms with Gasteiger partial charge in [-0.15, -0.1) is 0 Å². The van der Waals surface area contributed by atoms with Gasteiger partial charge in [0, 0.05) is 33.4 Å². The van der Waals surface area contributed by atoms with E-state index in [4.69, 9.17) is 0 Å². The van der Waals surface area contributed by atoms with E-state index in [1.807, 2.05) is 0 Å². The SMILES string of the molecule is C[Si]1(C)c2ccccc2-c2cccc(-c3cc4c5ccccc5n(-c5ccccc5)c4cc3N(c3ccc(-c4ccc5ccccc5c4)cc3)c3ccc(-c4ccc5ccccc5c4)cc3)c21. The summed E-state index contributed by atoms with van der Waals surface area (Å²) in [6, 6.07) is 90.1. The second kappa shape index (κ2) is 15.4. The lowest BCUT2D eigenvalue weighted by Crippen LogP contribution is -2.50. The van der Waals surface area contributed by atoms with E-state index in [-0.39, 0.29) is 0 Å². The maximum Gasteiger partial charge on any atom is 0.114 e. The van der Waals surface area contributed by atoms with E-state index in [1.165, 1.54) is 98.2 Å². The van der Waals surface area contributed by atoms with Gasteiger partial charge in [0.05, 0.1) is 16.7 Å². The monoisotopic (exact) mass is 870 g/mol. The van der Waals surface area contributed by atoms with Gasteiger partial charge in [0.1, 0.15) is 8.07 Å². The summed E-state index contributed by atoms with van der Waals surface area (Å²) in [6.07, 6.45) is 0. The van der Waals surface area contributed by atoms with Gasteiger partial charge in [0.15, 0.2) is 0 Å². The van der Waals surface area contributed by atoms with E-state index in [0.29, 0.717) is 0 Å². The third kappa shape index (κ3) is 6.38. The summed E-state index contributed by atoms with van der Waals surface area (Å²) in [6.45, 7) is 5.07. The molecule has 0 N–H and O–H groups in total. The average molecular weight is 871 g/mol. The highest BCUT2D eigenvalue weighted by atomic mass is 28.3. The molecule has 13 rings (SSSR count). The van der Waals surface area contributed by atoms with Crippen LogP contribution in [0.4, 0.5) is 17.1 Å². The van der Waals surface area contributed by atoms with Crippen molar-refractivity contribution >= 4 is 78.9 Å². The second-order valence-corrected chi connectivity index (χ2v) is 22.8. The second-order valence-electron chi connectivity index (χ2n) is 18.5. The Morgan fingerprint density at radius 1 is 0.343 bits per heavy atom. The molecule has 3 heteroatoms. The quantitative estimate of drug-likeness (QED) is 0.145. The zero-order valence-electron chi connectivity index (χ0n) is 37.5. The smallest absolute Gasteiger partial charge is 0.114 e. The molecule has 0 saturated heterocycles. The molecule has 2 heterocycles. The fourth-order valence-electron chi connectivity index (χ4n) is 11.1. The maximum absolute atomic E-state index is 2.54. The zero-order valence-corrected chi connectivity index (χ0v) is 38.5. The number of fused-ring (bicyclic) bond motifs is 8. The van der Waals surface area contributed by atoms with E-state index in [0.717, 1.165) is 22.7 Å². The zero-order chi connectivity index (χ0) is 44.6. The number of anilines is 3. The highest BCUT2D eigenvalue weighted by Crippen LogP contribution is 2.47. The summed E-state index contributed by atoms with van der Waals surface area (Å²) in [4.78, 5) is 2.51. The van der Waals surface area contributed by atoms with Crippen LogP contribution in [0.15, 0.2) is 243 Å². The van der Waals surface area contributed by atoms with Gasteiger partial charge in [-0.1, -0.05) is 189 Å². The molecule has 316 valence electrons. The van der Waals surface area contributed by atoms with Crippen LogP contribution < -0.4 is 15.3 Å².